The molecule has 0 spiro atoms. The molecule has 1 aliphatic rings. The highest BCUT2D eigenvalue weighted by atomic mass is 35.5. The summed E-state index contributed by atoms with van der Waals surface area (Å²) >= 11 is 6.34. The topological polar surface area (TPSA) is 72.6 Å². The first kappa shape index (κ1) is 17.2. The Morgan fingerprint density at radius 3 is 2.70 bits per heavy atom. The first-order valence-electron chi connectivity index (χ1n) is 8.32. The monoisotopic (exact) mass is 381 g/mol. The van der Waals surface area contributed by atoms with Crippen LogP contribution in [0.2, 0.25) is 5.02 Å². The summed E-state index contributed by atoms with van der Waals surface area (Å²) in [5.41, 5.74) is 3.26. The lowest BCUT2D eigenvalue weighted by Gasteiger charge is -2.16. The zero-order chi connectivity index (χ0) is 18.8. The molecule has 8 heteroatoms. The molecular formula is C19H16ClN5O2. The van der Waals surface area contributed by atoms with Gasteiger partial charge in [0.15, 0.2) is 5.71 Å². The number of carbonyl (C=O) groups is 1. The fourth-order valence-electron chi connectivity index (χ4n) is 3.08. The van der Waals surface area contributed by atoms with Gasteiger partial charge in [-0.3, -0.25) is 9.69 Å². The second kappa shape index (κ2) is 7.20. The third kappa shape index (κ3) is 3.29. The Labute approximate surface area is 160 Å². The van der Waals surface area contributed by atoms with Crippen molar-refractivity contribution in [1.29, 1.82) is 0 Å². The number of oxime groups is 1. The largest absolute Gasteiger partial charge is 0.398 e. The number of benzene rings is 2. The molecule has 1 aromatic heterocycles. The molecular weight excluding hydrogens is 366 g/mol. The van der Waals surface area contributed by atoms with Gasteiger partial charge in [0.2, 0.25) is 0 Å². The molecule has 0 bridgehead atoms. The van der Waals surface area contributed by atoms with Crippen LogP contribution in [0.5, 0.6) is 0 Å². The fraction of sp³-hybridized carbons (Fsp3) is 0.158. The molecule has 0 saturated carbocycles. The molecule has 1 aliphatic heterocycles. The Kier molecular flexibility index (Phi) is 4.60. The molecule has 0 unspecified atom stereocenters. The first-order chi connectivity index (χ1) is 13.2. The number of amides is 1. The van der Waals surface area contributed by atoms with Crippen molar-refractivity contribution in [2.45, 2.75) is 13.1 Å². The molecule has 0 fully saturated rings. The summed E-state index contributed by atoms with van der Waals surface area (Å²) in [6.07, 6.45) is 1.82. The minimum absolute atomic E-state index is 0.228. The van der Waals surface area contributed by atoms with E-state index in [4.69, 9.17) is 16.4 Å². The van der Waals surface area contributed by atoms with Gasteiger partial charge in [-0.2, -0.15) is 0 Å². The van der Waals surface area contributed by atoms with Crippen LogP contribution in [-0.2, 0) is 22.7 Å². The lowest BCUT2D eigenvalue weighted by Crippen LogP contribution is -2.30. The van der Waals surface area contributed by atoms with Crippen LogP contribution in [0.15, 0.2) is 59.9 Å². The second-order valence-corrected chi connectivity index (χ2v) is 6.45. The molecule has 136 valence electrons. The van der Waals surface area contributed by atoms with Crippen molar-refractivity contribution in [3.8, 4) is 0 Å². The van der Waals surface area contributed by atoms with Gasteiger partial charge in [0.1, 0.15) is 12.8 Å². The molecule has 4 rings (SSSR count). The highest BCUT2D eigenvalue weighted by Crippen LogP contribution is 2.36. The van der Waals surface area contributed by atoms with Crippen LogP contribution >= 0.6 is 11.6 Å². The lowest BCUT2D eigenvalue weighted by atomic mass is 10.1. The van der Waals surface area contributed by atoms with E-state index in [1.165, 1.54) is 7.11 Å². The van der Waals surface area contributed by atoms with Gasteiger partial charge in [-0.1, -0.05) is 64.4 Å². The van der Waals surface area contributed by atoms with Crippen LogP contribution in [-0.4, -0.2) is 33.7 Å². The summed E-state index contributed by atoms with van der Waals surface area (Å²) in [6, 6.07) is 15.3. The van der Waals surface area contributed by atoms with Crippen molar-refractivity contribution < 1.29 is 9.63 Å². The second-order valence-electron chi connectivity index (χ2n) is 6.04. The number of rotatable bonds is 5. The van der Waals surface area contributed by atoms with Gasteiger partial charge >= 0.3 is 0 Å². The maximum atomic E-state index is 12.8. The number of anilines is 1. The van der Waals surface area contributed by atoms with E-state index in [-0.39, 0.29) is 18.2 Å². The fourth-order valence-corrected chi connectivity index (χ4v) is 3.35. The van der Waals surface area contributed by atoms with Crippen LogP contribution in [0.1, 0.15) is 16.8 Å². The van der Waals surface area contributed by atoms with Crippen LogP contribution < -0.4 is 4.90 Å². The number of hydrogen-bond donors (Lipinski definition) is 0. The molecule has 1 amide bonds. The normalized spacial score (nSPS) is 14.7. The van der Waals surface area contributed by atoms with Crippen molar-refractivity contribution in [2.24, 2.45) is 5.16 Å². The molecule has 0 N–H and O–H groups in total. The SMILES string of the molecule is CON=C1C(=O)N(Cc2cn(Cc3ccccc3)nn2)c2c(Cl)cccc21. The van der Waals surface area contributed by atoms with Crippen molar-refractivity contribution >= 4 is 28.9 Å². The Morgan fingerprint density at radius 2 is 1.93 bits per heavy atom. The number of nitrogens with zero attached hydrogens (tertiary/aromatic N) is 5. The number of para-hydroxylation sites is 1. The van der Waals surface area contributed by atoms with Gasteiger partial charge in [0, 0.05) is 5.56 Å². The van der Waals surface area contributed by atoms with E-state index in [0.717, 1.165) is 5.56 Å². The average molecular weight is 382 g/mol. The first-order valence-corrected chi connectivity index (χ1v) is 8.70. The minimum atomic E-state index is -0.280. The van der Waals surface area contributed by atoms with Gasteiger partial charge in [0.05, 0.1) is 30.0 Å². The Balaban J connectivity index is 1.60. The van der Waals surface area contributed by atoms with E-state index < -0.39 is 0 Å². The summed E-state index contributed by atoms with van der Waals surface area (Å²) in [5.74, 6) is -0.280. The van der Waals surface area contributed by atoms with Crippen molar-refractivity contribution in [3.05, 3.63) is 76.6 Å². The van der Waals surface area contributed by atoms with E-state index in [1.807, 2.05) is 36.5 Å². The van der Waals surface area contributed by atoms with Crippen LogP contribution in [0.25, 0.3) is 0 Å². The number of carbonyl (C=O) groups excluding carboxylic acids is 1. The lowest BCUT2D eigenvalue weighted by molar-refractivity contribution is -0.112. The van der Waals surface area contributed by atoms with Crippen LogP contribution in [0.3, 0.4) is 0 Å². The average Bonchev–Trinajstić information content (AvgIpc) is 3.22. The van der Waals surface area contributed by atoms with E-state index in [0.29, 0.717) is 28.5 Å². The molecule has 2 aromatic carbocycles. The summed E-state index contributed by atoms with van der Waals surface area (Å²) in [6.45, 7) is 0.850. The number of aromatic nitrogens is 3. The molecule has 7 nitrogen and oxygen atoms in total. The third-order valence-electron chi connectivity index (χ3n) is 4.24. The standard InChI is InChI=1S/C19H16ClN5O2/c1-27-22-17-15-8-5-9-16(20)18(15)25(19(17)26)12-14-11-24(23-21-14)10-13-6-3-2-4-7-13/h2-9,11H,10,12H2,1H3. The molecule has 0 radical (unpaired) electrons. The van der Waals surface area contributed by atoms with Crippen molar-refractivity contribution in [3.63, 3.8) is 0 Å². The van der Waals surface area contributed by atoms with E-state index in [2.05, 4.69) is 15.5 Å². The maximum absolute atomic E-state index is 12.8. The smallest absolute Gasteiger partial charge is 0.281 e. The quantitative estimate of drug-likeness (QED) is 0.637. The Hall–Kier alpha value is -3.19. The Bertz CT molecular complexity index is 1020. The van der Waals surface area contributed by atoms with Gasteiger partial charge in [0.25, 0.3) is 5.91 Å². The number of fused-ring (bicyclic) bond motifs is 1. The predicted octanol–water partition coefficient (Wildman–Crippen LogP) is 2.88. The van der Waals surface area contributed by atoms with Gasteiger partial charge in [-0.25, -0.2) is 4.68 Å². The predicted molar refractivity (Wildman–Crippen MR) is 102 cm³/mol. The summed E-state index contributed by atoms with van der Waals surface area (Å²) in [4.78, 5) is 19.2. The zero-order valence-electron chi connectivity index (χ0n) is 14.5. The van der Waals surface area contributed by atoms with E-state index >= 15 is 0 Å². The zero-order valence-corrected chi connectivity index (χ0v) is 15.3. The van der Waals surface area contributed by atoms with E-state index in [1.54, 1.807) is 27.8 Å². The molecule has 0 saturated heterocycles. The van der Waals surface area contributed by atoms with Gasteiger partial charge < -0.3 is 4.84 Å². The molecule has 27 heavy (non-hydrogen) atoms. The Morgan fingerprint density at radius 1 is 1.11 bits per heavy atom. The third-order valence-corrected chi connectivity index (χ3v) is 4.54. The van der Waals surface area contributed by atoms with Crippen LogP contribution in [0, 0.1) is 0 Å². The van der Waals surface area contributed by atoms with E-state index in [9.17, 15) is 4.79 Å². The molecule has 0 aliphatic carbocycles. The van der Waals surface area contributed by atoms with Crippen molar-refractivity contribution in [2.75, 3.05) is 12.0 Å². The van der Waals surface area contributed by atoms with Gasteiger partial charge in [-0.15, -0.1) is 5.10 Å². The minimum Gasteiger partial charge on any atom is -0.398 e. The summed E-state index contributed by atoms with van der Waals surface area (Å²) in [7, 11) is 1.41. The summed E-state index contributed by atoms with van der Waals surface area (Å²) < 4.78 is 1.74. The number of hydrogen-bond acceptors (Lipinski definition) is 5. The van der Waals surface area contributed by atoms with Crippen molar-refractivity contribution in [1.82, 2.24) is 15.0 Å². The highest BCUT2D eigenvalue weighted by Gasteiger charge is 2.36. The van der Waals surface area contributed by atoms with Gasteiger partial charge in [-0.05, 0) is 11.6 Å². The highest BCUT2D eigenvalue weighted by molar-refractivity contribution is 6.55. The molecule has 0 atom stereocenters. The van der Waals surface area contributed by atoms with Crippen LogP contribution in [0.4, 0.5) is 5.69 Å². The summed E-state index contributed by atoms with van der Waals surface area (Å²) in [5, 5.41) is 12.7. The maximum Gasteiger partial charge on any atom is 0.281 e. The number of halogens is 1. The molecule has 3 aromatic rings. The molecule has 2 heterocycles.